The summed E-state index contributed by atoms with van der Waals surface area (Å²) in [5, 5.41) is 0. The first kappa shape index (κ1) is 11.8. The second-order valence-electron chi connectivity index (χ2n) is 2.88. The van der Waals surface area contributed by atoms with Crippen LogP contribution in [0.3, 0.4) is 0 Å². The molecule has 0 aliphatic rings. The fourth-order valence-electron chi connectivity index (χ4n) is 1.03. The molecule has 0 amide bonds. The highest BCUT2D eigenvalue weighted by Crippen LogP contribution is 2.31. The van der Waals surface area contributed by atoms with Crippen LogP contribution in [-0.4, -0.2) is 0 Å². The molecule has 0 saturated carbocycles. The van der Waals surface area contributed by atoms with Crippen LogP contribution >= 0.6 is 0 Å². The Morgan fingerprint density at radius 2 is 1.20 bits per heavy atom. The molecule has 2 N–H and O–H groups in total. The van der Waals surface area contributed by atoms with Gasteiger partial charge in [0.25, 0.3) is 0 Å². The zero-order valence-corrected chi connectivity index (χ0v) is 7.35. The van der Waals surface area contributed by atoms with Gasteiger partial charge in [0, 0.05) is 5.56 Å². The lowest BCUT2D eigenvalue weighted by Crippen LogP contribution is -2.29. The maximum atomic E-state index is 12.9. The van der Waals surface area contributed by atoms with Crippen molar-refractivity contribution in [1.29, 1.82) is 0 Å². The molecular weight excluding hydrogens is 224 g/mol. The number of alkyl halides is 2. The highest BCUT2D eigenvalue weighted by molar-refractivity contribution is 5.31. The normalized spacial score (nSPS) is 12.0. The Morgan fingerprint density at radius 3 is 1.47 bits per heavy atom. The molecule has 1 rings (SSSR count). The predicted molar refractivity (Wildman–Crippen MR) is 39.1 cm³/mol. The number of hydrogen-bond acceptors (Lipinski definition) is 1. The third kappa shape index (κ3) is 1.79. The Morgan fingerprint density at radius 1 is 0.867 bits per heavy atom. The van der Waals surface area contributed by atoms with Gasteiger partial charge in [-0.15, -0.1) is 0 Å². The average Bonchev–Trinajstić information content (AvgIpc) is 2.09. The van der Waals surface area contributed by atoms with Gasteiger partial charge in [-0.1, -0.05) is 0 Å². The minimum absolute atomic E-state index is 0.718. The van der Waals surface area contributed by atoms with E-state index in [2.05, 4.69) is 5.73 Å². The van der Waals surface area contributed by atoms with Crippen molar-refractivity contribution in [1.82, 2.24) is 0 Å². The van der Waals surface area contributed by atoms with E-state index < -0.39 is 40.4 Å². The van der Waals surface area contributed by atoms with Crippen molar-refractivity contribution in [3.05, 3.63) is 34.4 Å². The summed E-state index contributed by atoms with van der Waals surface area (Å²) in [4.78, 5) is 0. The van der Waals surface area contributed by atoms with Crippen molar-refractivity contribution in [2.24, 2.45) is 5.73 Å². The topological polar surface area (TPSA) is 26.0 Å². The molecular formula is C8H5F6N. The van der Waals surface area contributed by atoms with Crippen LogP contribution in [0.4, 0.5) is 26.3 Å². The van der Waals surface area contributed by atoms with Gasteiger partial charge in [0.1, 0.15) is 5.56 Å². The lowest BCUT2D eigenvalue weighted by molar-refractivity contribution is -0.00587. The van der Waals surface area contributed by atoms with Gasteiger partial charge >= 0.3 is 6.05 Å². The first-order chi connectivity index (χ1) is 6.68. The van der Waals surface area contributed by atoms with Crippen LogP contribution in [0.2, 0.25) is 0 Å². The number of rotatable bonds is 1. The molecule has 0 fully saturated rings. The SMILES string of the molecule is Cc1c(F)c(F)c(C(N)(F)F)c(F)c1F. The molecule has 0 radical (unpaired) electrons. The molecule has 1 nitrogen and oxygen atoms in total. The average molecular weight is 229 g/mol. The molecule has 0 saturated heterocycles. The van der Waals surface area contributed by atoms with Gasteiger partial charge in [-0.3, -0.25) is 5.73 Å². The first-order valence-corrected chi connectivity index (χ1v) is 3.67. The molecule has 0 unspecified atom stereocenters. The third-order valence-electron chi connectivity index (χ3n) is 1.82. The van der Waals surface area contributed by atoms with Crippen LogP contribution < -0.4 is 5.73 Å². The second-order valence-corrected chi connectivity index (χ2v) is 2.88. The zero-order valence-electron chi connectivity index (χ0n) is 7.35. The molecule has 0 spiro atoms. The van der Waals surface area contributed by atoms with Crippen LogP contribution in [0, 0.1) is 30.2 Å². The highest BCUT2D eigenvalue weighted by atomic mass is 19.3. The lowest BCUT2D eigenvalue weighted by atomic mass is 10.1. The van der Waals surface area contributed by atoms with Crippen molar-refractivity contribution in [2.45, 2.75) is 13.0 Å². The van der Waals surface area contributed by atoms with Gasteiger partial charge in [-0.05, 0) is 6.92 Å². The van der Waals surface area contributed by atoms with E-state index in [1.54, 1.807) is 0 Å². The number of benzene rings is 1. The first-order valence-electron chi connectivity index (χ1n) is 3.67. The molecule has 0 aliphatic carbocycles. The summed E-state index contributed by atoms with van der Waals surface area (Å²) in [5.74, 6) is -8.12. The fraction of sp³-hybridized carbons (Fsp3) is 0.250. The molecule has 0 aliphatic heterocycles. The molecule has 15 heavy (non-hydrogen) atoms. The van der Waals surface area contributed by atoms with Gasteiger partial charge in [0.2, 0.25) is 0 Å². The summed E-state index contributed by atoms with van der Waals surface area (Å²) in [6, 6.07) is -4.48. The Hall–Kier alpha value is -1.24. The molecule has 1 aromatic rings. The van der Waals surface area contributed by atoms with Crippen LogP contribution in [0.5, 0.6) is 0 Å². The maximum absolute atomic E-state index is 12.9. The van der Waals surface area contributed by atoms with Crippen molar-refractivity contribution < 1.29 is 26.3 Å². The number of halogens is 6. The van der Waals surface area contributed by atoms with Crippen LogP contribution in [0.1, 0.15) is 11.1 Å². The van der Waals surface area contributed by atoms with E-state index in [9.17, 15) is 26.3 Å². The fourth-order valence-corrected chi connectivity index (χ4v) is 1.03. The monoisotopic (exact) mass is 229 g/mol. The Balaban J connectivity index is 3.68. The molecule has 1 aromatic carbocycles. The summed E-state index contributed by atoms with van der Waals surface area (Å²) in [6.07, 6.45) is 0. The molecule has 0 heterocycles. The van der Waals surface area contributed by atoms with E-state index >= 15 is 0 Å². The summed E-state index contributed by atoms with van der Waals surface area (Å²) < 4.78 is 76.2. The van der Waals surface area contributed by atoms with Crippen molar-refractivity contribution >= 4 is 0 Å². The standard InChI is InChI=1S/C8H5F6N/c1-2-4(9)6(11)3(8(13,14)15)7(12)5(2)10/h15H2,1H3. The highest BCUT2D eigenvalue weighted by Gasteiger charge is 2.37. The molecule has 7 heteroatoms. The smallest absolute Gasteiger partial charge is 0.268 e. The molecule has 0 atom stereocenters. The van der Waals surface area contributed by atoms with Crippen molar-refractivity contribution in [2.75, 3.05) is 0 Å². The second kappa shape index (κ2) is 3.41. The van der Waals surface area contributed by atoms with E-state index in [1.807, 2.05) is 0 Å². The predicted octanol–water partition coefficient (Wildman–Crippen LogP) is 2.56. The Labute approximate surface area is 80.5 Å². The van der Waals surface area contributed by atoms with E-state index in [-0.39, 0.29) is 0 Å². The Bertz CT molecular complexity index is 380. The van der Waals surface area contributed by atoms with Crippen LogP contribution in [-0.2, 0) is 6.05 Å². The Kier molecular flexibility index (Phi) is 2.69. The largest absolute Gasteiger partial charge is 0.332 e. The quantitative estimate of drug-likeness (QED) is 0.447. The van der Waals surface area contributed by atoms with Crippen molar-refractivity contribution in [3.63, 3.8) is 0 Å². The van der Waals surface area contributed by atoms with E-state index in [4.69, 9.17) is 0 Å². The van der Waals surface area contributed by atoms with Gasteiger partial charge < -0.3 is 0 Å². The van der Waals surface area contributed by atoms with Crippen LogP contribution in [0.25, 0.3) is 0 Å². The summed E-state index contributed by atoms with van der Waals surface area (Å²) in [5.41, 5.74) is 0.976. The van der Waals surface area contributed by atoms with Gasteiger partial charge in [-0.2, -0.15) is 8.78 Å². The summed E-state index contributed by atoms with van der Waals surface area (Å²) in [7, 11) is 0. The third-order valence-corrected chi connectivity index (χ3v) is 1.82. The number of hydrogen-bond donors (Lipinski definition) is 1. The van der Waals surface area contributed by atoms with E-state index in [1.165, 1.54) is 0 Å². The number of nitrogens with two attached hydrogens (primary N) is 1. The van der Waals surface area contributed by atoms with Crippen LogP contribution in [0.15, 0.2) is 0 Å². The minimum atomic E-state index is -4.48. The van der Waals surface area contributed by atoms with Gasteiger partial charge in [-0.25, -0.2) is 17.6 Å². The van der Waals surface area contributed by atoms with Gasteiger partial charge in [0.15, 0.2) is 23.3 Å². The van der Waals surface area contributed by atoms with Gasteiger partial charge in [0.05, 0.1) is 0 Å². The van der Waals surface area contributed by atoms with E-state index in [0.29, 0.717) is 0 Å². The maximum Gasteiger partial charge on any atom is 0.332 e. The molecule has 84 valence electrons. The van der Waals surface area contributed by atoms with Crippen molar-refractivity contribution in [3.8, 4) is 0 Å². The van der Waals surface area contributed by atoms with E-state index in [0.717, 1.165) is 6.92 Å². The molecule has 0 bridgehead atoms. The zero-order chi connectivity index (χ0) is 12.0. The summed E-state index contributed by atoms with van der Waals surface area (Å²) in [6.45, 7) is 0.718. The molecule has 0 aromatic heterocycles. The lowest BCUT2D eigenvalue weighted by Gasteiger charge is -2.14. The minimum Gasteiger partial charge on any atom is -0.268 e. The summed E-state index contributed by atoms with van der Waals surface area (Å²) >= 11 is 0.